The van der Waals surface area contributed by atoms with Crippen molar-refractivity contribution in [3.8, 4) is 17.2 Å². The molecule has 8 nitrogen and oxygen atoms in total. The molecule has 0 saturated carbocycles. The minimum atomic E-state index is -0.831. The van der Waals surface area contributed by atoms with Gasteiger partial charge in [-0.25, -0.2) is 0 Å². The van der Waals surface area contributed by atoms with Gasteiger partial charge in [-0.15, -0.1) is 0 Å². The molecule has 0 aliphatic carbocycles. The van der Waals surface area contributed by atoms with E-state index in [1.54, 1.807) is 25.1 Å². The normalized spacial score (nSPS) is 11.7. The summed E-state index contributed by atoms with van der Waals surface area (Å²) in [6.07, 6.45) is -0.186. The summed E-state index contributed by atoms with van der Waals surface area (Å²) in [6.45, 7) is 1.33. The number of aliphatic hydroxyl groups is 1. The molecule has 1 aromatic carbocycles. The molecule has 8 heteroatoms. The molecule has 146 valence electrons. The smallest absolute Gasteiger partial charge is 0.306 e. The van der Waals surface area contributed by atoms with Crippen molar-refractivity contribution in [2.24, 2.45) is 0 Å². The van der Waals surface area contributed by atoms with Gasteiger partial charge in [0.25, 0.3) is 0 Å². The number of benzene rings is 1. The number of rotatable bonds is 8. The third kappa shape index (κ3) is 4.59. The van der Waals surface area contributed by atoms with E-state index >= 15 is 0 Å². The van der Waals surface area contributed by atoms with E-state index < -0.39 is 29.7 Å². The first-order valence-electron chi connectivity index (χ1n) is 8.29. The molecule has 0 bridgehead atoms. The van der Waals surface area contributed by atoms with Crippen LogP contribution in [-0.4, -0.2) is 37.0 Å². The van der Waals surface area contributed by atoms with E-state index in [1.807, 2.05) is 0 Å². The Kier molecular flexibility index (Phi) is 6.84. The van der Waals surface area contributed by atoms with Crippen LogP contribution in [0.2, 0.25) is 0 Å². The average Bonchev–Trinajstić information content (AvgIpc) is 2.68. The maximum atomic E-state index is 12.1. The van der Waals surface area contributed by atoms with Gasteiger partial charge in [-0.3, -0.25) is 9.59 Å². The standard InChI is InChI=1S/C19H22O8/c1-4-26-17(22)9-13(11-5-6-15(24-2)16(7-11)25-3)19-18(23)14(21)8-12(10-20)27-19/h5-8,13,20,23H,4,9-10H2,1-3H3. The molecule has 1 aromatic heterocycles. The van der Waals surface area contributed by atoms with E-state index in [0.29, 0.717) is 17.1 Å². The van der Waals surface area contributed by atoms with Crippen molar-refractivity contribution >= 4 is 5.97 Å². The largest absolute Gasteiger partial charge is 0.502 e. The Morgan fingerprint density at radius 2 is 1.89 bits per heavy atom. The van der Waals surface area contributed by atoms with Crippen molar-refractivity contribution < 1.29 is 33.6 Å². The summed E-state index contributed by atoms with van der Waals surface area (Å²) in [7, 11) is 2.95. The van der Waals surface area contributed by atoms with Gasteiger partial charge < -0.3 is 28.8 Å². The van der Waals surface area contributed by atoms with Crippen molar-refractivity contribution in [3.05, 3.63) is 51.6 Å². The molecule has 2 N–H and O–H groups in total. The Labute approximate surface area is 155 Å². The van der Waals surface area contributed by atoms with Gasteiger partial charge in [-0.1, -0.05) is 6.07 Å². The van der Waals surface area contributed by atoms with Crippen LogP contribution in [-0.2, 0) is 16.1 Å². The molecule has 0 spiro atoms. The third-order valence-corrected chi connectivity index (χ3v) is 3.96. The van der Waals surface area contributed by atoms with Crippen LogP contribution in [0.1, 0.15) is 36.3 Å². The number of esters is 1. The molecular weight excluding hydrogens is 356 g/mol. The van der Waals surface area contributed by atoms with Crippen molar-refractivity contribution in [2.45, 2.75) is 25.9 Å². The summed E-state index contributed by atoms with van der Waals surface area (Å²) in [4.78, 5) is 24.1. The van der Waals surface area contributed by atoms with Gasteiger partial charge in [0.2, 0.25) is 11.2 Å². The van der Waals surface area contributed by atoms with E-state index in [9.17, 15) is 19.8 Å². The van der Waals surface area contributed by atoms with Gasteiger partial charge in [-0.2, -0.15) is 0 Å². The predicted octanol–water partition coefficient (Wildman–Crippen LogP) is 1.94. The topological polar surface area (TPSA) is 115 Å². The Balaban J connectivity index is 2.61. The highest BCUT2D eigenvalue weighted by atomic mass is 16.5. The number of hydrogen-bond donors (Lipinski definition) is 2. The van der Waals surface area contributed by atoms with Gasteiger partial charge in [0.1, 0.15) is 12.4 Å². The Bertz CT molecular complexity index is 855. The highest BCUT2D eigenvalue weighted by molar-refractivity contribution is 5.71. The molecule has 0 aliphatic heterocycles. The Hall–Kier alpha value is -3.00. The Morgan fingerprint density at radius 1 is 1.19 bits per heavy atom. The van der Waals surface area contributed by atoms with Crippen LogP contribution in [0.15, 0.2) is 33.5 Å². The molecule has 27 heavy (non-hydrogen) atoms. The van der Waals surface area contributed by atoms with Gasteiger partial charge in [-0.05, 0) is 24.6 Å². The summed E-state index contributed by atoms with van der Waals surface area (Å²) in [5, 5.41) is 19.5. The molecule has 1 unspecified atom stereocenters. The van der Waals surface area contributed by atoms with E-state index in [4.69, 9.17) is 18.6 Å². The first-order chi connectivity index (χ1) is 12.9. The molecule has 0 saturated heterocycles. The van der Waals surface area contributed by atoms with E-state index in [-0.39, 0.29) is 24.5 Å². The average molecular weight is 378 g/mol. The minimum absolute atomic E-state index is 0.0258. The number of ether oxygens (including phenoxy) is 3. The second kappa shape index (κ2) is 9.09. The number of methoxy groups -OCH3 is 2. The van der Waals surface area contributed by atoms with Crippen molar-refractivity contribution in [1.82, 2.24) is 0 Å². The van der Waals surface area contributed by atoms with Gasteiger partial charge >= 0.3 is 5.97 Å². The highest BCUT2D eigenvalue weighted by Gasteiger charge is 2.27. The molecule has 0 amide bonds. The second-order valence-electron chi connectivity index (χ2n) is 5.62. The number of aliphatic hydroxyl groups excluding tert-OH is 1. The summed E-state index contributed by atoms with van der Waals surface area (Å²) >= 11 is 0. The van der Waals surface area contributed by atoms with Gasteiger partial charge in [0, 0.05) is 6.07 Å². The van der Waals surface area contributed by atoms with Gasteiger partial charge in [0.05, 0.1) is 33.2 Å². The molecule has 0 fully saturated rings. The summed E-state index contributed by atoms with van der Waals surface area (Å²) in [5.74, 6) is -1.27. The van der Waals surface area contributed by atoms with Crippen LogP contribution >= 0.6 is 0 Å². The summed E-state index contributed by atoms with van der Waals surface area (Å²) < 4.78 is 21.0. The monoisotopic (exact) mass is 378 g/mol. The zero-order valence-corrected chi connectivity index (χ0v) is 15.4. The SMILES string of the molecule is CCOC(=O)CC(c1ccc(OC)c(OC)c1)c1oc(CO)cc(=O)c1O. The summed E-state index contributed by atoms with van der Waals surface area (Å²) in [6, 6.07) is 5.91. The zero-order chi connectivity index (χ0) is 20.0. The lowest BCUT2D eigenvalue weighted by Crippen LogP contribution is -2.15. The lowest BCUT2D eigenvalue weighted by atomic mass is 9.92. The molecule has 1 atom stereocenters. The number of carbonyl (C=O) groups is 1. The fourth-order valence-electron chi connectivity index (χ4n) is 2.69. The first kappa shape index (κ1) is 20.3. The van der Waals surface area contributed by atoms with Gasteiger partial charge in [0.15, 0.2) is 17.3 Å². The van der Waals surface area contributed by atoms with Crippen LogP contribution < -0.4 is 14.9 Å². The zero-order valence-electron chi connectivity index (χ0n) is 15.4. The lowest BCUT2D eigenvalue weighted by Gasteiger charge is -2.19. The summed E-state index contributed by atoms with van der Waals surface area (Å²) in [5.41, 5.74) is -0.177. The number of hydrogen-bond acceptors (Lipinski definition) is 8. The molecular formula is C19H22O8. The molecule has 2 aromatic rings. The fraction of sp³-hybridized carbons (Fsp3) is 0.368. The maximum Gasteiger partial charge on any atom is 0.306 e. The van der Waals surface area contributed by atoms with Crippen molar-refractivity contribution in [3.63, 3.8) is 0 Å². The Morgan fingerprint density at radius 3 is 2.48 bits per heavy atom. The number of aromatic hydroxyl groups is 1. The van der Waals surface area contributed by atoms with Crippen LogP contribution in [0.5, 0.6) is 17.2 Å². The van der Waals surface area contributed by atoms with E-state index in [2.05, 4.69) is 0 Å². The maximum absolute atomic E-state index is 12.1. The minimum Gasteiger partial charge on any atom is -0.502 e. The molecule has 2 rings (SSSR count). The molecule has 1 heterocycles. The highest BCUT2D eigenvalue weighted by Crippen LogP contribution is 2.37. The van der Waals surface area contributed by atoms with Crippen LogP contribution in [0.25, 0.3) is 0 Å². The van der Waals surface area contributed by atoms with Crippen molar-refractivity contribution in [1.29, 1.82) is 0 Å². The third-order valence-electron chi connectivity index (χ3n) is 3.96. The van der Waals surface area contributed by atoms with E-state index in [0.717, 1.165) is 6.07 Å². The second-order valence-corrected chi connectivity index (χ2v) is 5.62. The fourth-order valence-corrected chi connectivity index (χ4v) is 2.69. The van der Waals surface area contributed by atoms with Crippen LogP contribution in [0.3, 0.4) is 0 Å². The predicted molar refractivity (Wildman–Crippen MR) is 95.2 cm³/mol. The van der Waals surface area contributed by atoms with E-state index in [1.165, 1.54) is 14.2 Å². The van der Waals surface area contributed by atoms with Crippen LogP contribution in [0, 0.1) is 0 Å². The molecule has 0 aliphatic rings. The molecule has 0 radical (unpaired) electrons. The number of carbonyl (C=O) groups excluding carboxylic acids is 1. The quantitative estimate of drug-likeness (QED) is 0.670. The van der Waals surface area contributed by atoms with Crippen LogP contribution in [0.4, 0.5) is 0 Å². The van der Waals surface area contributed by atoms with Crippen molar-refractivity contribution in [2.75, 3.05) is 20.8 Å². The first-order valence-corrected chi connectivity index (χ1v) is 8.29. The lowest BCUT2D eigenvalue weighted by molar-refractivity contribution is -0.143.